The largest absolute Gasteiger partial charge is 0.379 e. The zero-order valence-electron chi connectivity index (χ0n) is 13.4. The summed E-state index contributed by atoms with van der Waals surface area (Å²) in [5.41, 5.74) is 0. The van der Waals surface area contributed by atoms with Gasteiger partial charge in [-0.1, -0.05) is 13.8 Å². The van der Waals surface area contributed by atoms with Crippen LogP contribution in [0.25, 0.3) is 0 Å². The predicted molar refractivity (Wildman–Crippen MR) is 81.6 cm³/mol. The molecule has 0 spiro atoms. The first-order valence-corrected chi connectivity index (χ1v) is 7.70. The van der Waals surface area contributed by atoms with Gasteiger partial charge in [-0.25, -0.2) is 0 Å². The first kappa shape index (κ1) is 16.9. The van der Waals surface area contributed by atoms with Crippen molar-refractivity contribution in [1.29, 1.82) is 0 Å². The minimum atomic E-state index is 0.513. The second-order valence-electron chi connectivity index (χ2n) is 6.52. The summed E-state index contributed by atoms with van der Waals surface area (Å²) in [5, 5.41) is 7.20. The normalized spacial score (nSPS) is 23.8. The van der Waals surface area contributed by atoms with Crippen molar-refractivity contribution in [2.75, 3.05) is 40.4 Å². The number of ether oxygens (including phenoxy) is 1. The van der Waals surface area contributed by atoms with Crippen LogP contribution in [-0.4, -0.2) is 63.4 Å². The van der Waals surface area contributed by atoms with E-state index < -0.39 is 0 Å². The number of rotatable bonds is 8. The van der Waals surface area contributed by atoms with Gasteiger partial charge in [0, 0.05) is 31.2 Å². The van der Waals surface area contributed by atoms with Crippen molar-refractivity contribution in [3.05, 3.63) is 0 Å². The van der Waals surface area contributed by atoms with Crippen LogP contribution < -0.4 is 10.6 Å². The van der Waals surface area contributed by atoms with E-state index in [9.17, 15) is 0 Å². The lowest BCUT2D eigenvalue weighted by Crippen LogP contribution is -2.47. The van der Waals surface area contributed by atoms with Crippen LogP contribution in [0.5, 0.6) is 0 Å². The number of nitrogens with one attached hydrogen (secondary N) is 2. The fourth-order valence-corrected chi connectivity index (χ4v) is 2.64. The van der Waals surface area contributed by atoms with Gasteiger partial charge >= 0.3 is 0 Å². The highest BCUT2D eigenvalue weighted by Crippen LogP contribution is 2.09. The molecule has 3 unspecified atom stereocenters. The van der Waals surface area contributed by atoms with Crippen LogP contribution >= 0.6 is 0 Å². The highest BCUT2D eigenvalue weighted by molar-refractivity contribution is 4.78. The molecule has 0 aliphatic carbocycles. The Kier molecular flexibility index (Phi) is 7.91. The van der Waals surface area contributed by atoms with Gasteiger partial charge in [-0.15, -0.1) is 0 Å². The molecule has 3 atom stereocenters. The van der Waals surface area contributed by atoms with Gasteiger partial charge in [-0.3, -0.25) is 0 Å². The van der Waals surface area contributed by atoms with Crippen molar-refractivity contribution in [2.45, 2.75) is 51.7 Å². The molecule has 4 heteroatoms. The van der Waals surface area contributed by atoms with Gasteiger partial charge in [-0.05, 0) is 39.8 Å². The monoisotopic (exact) mass is 271 g/mol. The zero-order chi connectivity index (χ0) is 14.3. The molecular weight excluding hydrogens is 238 g/mol. The molecule has 1 heterocycles. The van der Waals surface area contributed by atoms with E-state index in [1.807, 2.05) is 0 Å². The number of likely N-dealkylation sites (N-methyl/N-ethyl adjacent to an activating group) is 1. The molecule has 0 aromatic rings. The minimum Gasteiger partial charge on any atom is -0.379 e. The van der Waals surface area contributed by atoms with Crippen molar-refractivity contribution in [3.63, 3.8) is 0 Å². The third-order valence-corrected chi connectivity index (χ3v) is 3.81. The van der Waals surface area contributed by atoms with Crippen molar-refractivity contribution in [1.82, 2.24) is 15.5 Å². The standard InChI is InChI=1S/C15H33N3O/c1-12(2)8-15(18(4)5)10-17-13(3)9-14-11-19-7-6-16-14/h12-17H,6-11H2,1-5H3. The Balaban J connectivity index is 2.24. The summed E-state index contributed by atoms with van der Waals surface area (Å²) in [7, 11) is 4.35. The van der Waals surface area contributed by atoms with Crippen LogP contribution in [0.4, 0.5) is 0 Å². The second kappa shape index (κ2) is 8.90. The van der Waals surface area contributed by atoms with Gasteiger partial charge < -0.3 is 20.3 Å². The van der Waals surface area contributed by atoms with E-state index in [4.69, 9.17) is 4.74 Å². The maximum atomic E-state index is 5.50. The summed E-state index contributed by atoms with van der Waals surface area (Å²) >= 11 is 0. The molecule has 1 fully saturated rings. The van der Waals surface area contributed by atoms with E-state index in [0.29, 0.717) is 18.1 Å². The lowest BCUT2D eigenvalue weighted by molar-refractivity contribution is 0.0709. The molecule has 0 radical (unpaired) electrons. The molecule has 1 saturated heterocycles. The smallest absolute Gasteiger partial charge is 0.0620 e. The van der Waals surface area contributed by atoms with E-state index >= 15 is 0 Å². The Morgan fingerprint density at radius 3 is 2.58 bits per heavy atom. The van der Waals surface area contributed by atoms with E-state index in [-0.39, 0.29) is 0 Å². The molecule has 0 aromatic heterocycles. The first-order chi connectivity index (χ1) is 8.99. The Morgan fingerprint density at radius 2 is 2.05 bits per heavy atom. The molecule has 0 bridgehead atoms. The predicted octanol–water partition coefficient (Wildman–Crippen LogP) is 1.32. The van der Waals surface area contributed by atoms with Gasteiger partial charge in [0.1, 0.15) is 0 Å². The van der Waals surface area contributed by atoms with Crippen molar-refractivity contribution in [3.8, 4) is 0 Å². The summed E-state index contributed by atoms with van der Waals surface area (Å²) in [6.07, 6.45) is 2.39. The molecule has 0 aromatic carbocycles. The average molecular weight is 271 g/mol. The SMILES string of the molecule is CC(C)CC(CNC(C)CC1COCCN1)N(C)C. The Bertz CT molecular complexity index is 227. The van der Waals surface area contributed by atoms with Crippen molar-refractivity contribution in [2.24, 2.45) is 5.92 Å². The number of hydrogen-bond acceptors (Lipinski definition) is 4. The number of morpholine rings is 1. The van der Waals surface area contributed by atoms with Gasteiger partial charge in [0.25, 0.3) is 0 Å². The van der Waals surface area contributed by atoms with Gasteiger partial charge in [-0.2, -0.15) is 0 Å². The summed E-state index contributed by atoms with van der Waals surface area (Å²) in [4.78, 5) is 2.34. The van der Waals surface area contributed by atoms with Gasteiger partial charge in [0.2, 0.25) is 0 Å². The Morgan fingerprint density at radius 1 is 1.32 bits per heavy atom. The molecule has 0 saturated carbocycles. The van der Waals surface area contributed by atoms with Gasteiger partial charge in [0.05, 0.1) is 13.2 Å². The van der Waals surface area contributed by atoms with Crippen molar-refractivity contribution >= 4 is 0 Å². The average Bonchev–Trinajstić information content (AvgIpc) is 2.35. The second-order valence-corrected chi connectivity index (χ2v) is 6.52. The molecule has 2 N–H and O–H groups in total. The van der Waals surface area contributed by atoms with Crippen LogP contribution in [0.1, 0.15) is 33.6 Å². The molecule has 19 heavy (non-hydrogen) atoms. The lowest BCUT2D eigenvalue weighted by Gasteiger charge is -2.30. The molecule has 1 aliphatic rings. The zero-order valence-corrected chi connectivity index (χ0v) is 13.4. The van der Waals surface area contributed by atoms with Crippen LogP contribution in [0.15, 0.2) is 0 Å². The van der Waals surface area contributed by atoms with Gasteiger partial charge in [0.15, 0.2) is 0 Å². The summed E-state index contributed by atoms with van der Waals surface area (Å²) in [6.45, 7) is 10.6. The van der Waals surface area contributed by atoms with E-state index in [2.05, 4.69) is 50.4 Å². The Hall–Kier alpha value is -0.160. The fourth-order valence-electron chi connectivity index (χ4n) is 2.64. The van der Waals surface area contributed by atoms with E-state index in [0.717, 1.165) is 38.6 Å². The van der Waals surface area contributed by atoms with Crippen molar-refractivity contribution < 1.29 is 4.74 Å². The van der Waals surface area contributed by atoms with Crippen LogP contribution in [0.3, 0.4) is 0 Å². The maximum absolute atomic E-state index is 5.50. The van der Waals surface area contributed by atoms with Crippen LogP contribution in [-0.2, 0) is 4.74 Å². The molecule has 1 aliphatic heterocycles. The highest BCUT2D eigenvalue weighted by atomic mass is 16.5. The van der Waals surface area contributed by atoms with Crippen LogP contribution in [0, 0.1) is 5.92 Å². The quantitative estimate of drug-likeness (QED) is 0.698. The summed E-state index contributed by atoms with van der Waals surface area (Å²) in [5.74, 6) is 0.748. The maximum Gasteiger partial charge on any atom is 0.0620 e. The Labute approximate surface area is 119 Å². The number of nitrogens with zero attached hydrogens (tertiary/aromatic N) is 1. The first-order valence-electron chi connectivity index (χ1n) is 7.70. The molecular formula is C15H33N3O. The highest BCUT2D eigenvalue weighted by Gasteiger charge is 2.18. The van der Waals surface area contributed by atoms with Crippen LogP contribution in [0.2, 0.25) is 0 Å². The fraction of sp³-hybridized carbons (Fsp3) is 1.00. The van der Waals surface area contributed by atoms with E-state index in [1.54, 1.807) is 0 Å². The third-order valence-electron chi connectivity index (χ3n) is 3.81. The summed E-state index contributed by atoms with van der Waals surface area (Å²) < 4.78 is 5.50. The molecule has 4 nitrogen and oxygen atoms in total. The summed E-state index contributed by atoms with van der Waals surface area (Å²) in [6, 6.07) is 1.67. The molecule has 0 amide bonds. The number of hydrogen-bond donors (Lipinski definition) is 2. The van der Waals surface area contributed by atoms with E-state index in [1.165, 1.54) is 6.42 Å². The molecule has 114 valence electrons. The molecule has 1 rings (SSSR count). The third kappa shape index (κ3) is 7.25. The minimum absolute atomic E-state index is 0.513. The topological polar surface area (TPSA) is 36.5 Å². The lowest BCUT2D eigenvalue weighted by atomic mass is 10.0.